The highest BCUT2D eigenvalue weighted by Gasteiger charge is 2.25. The molecule has 8 heteroatoms. The van der Waals surface area contributed by atoms with Crippen LogP contribution >= 0.6 is 11.3 Å². The number of piperidine rings is 1. The van der Waals surface area contributed by atoms with Gasteiger partial charge in [-0.25, -0.2) is 14.2 Å². The molecule has 0 unspecified atom stereocenters. The van der Waals surface area contributed by atoms with E-state index in [2.05, 4.69) is 42.2 Å². The number of fused-ring (bicyclic) bond motifs is 1. The molecule has 0 saturated carbocycles. The molecule has 3 aromatic rings. The summed E-state index contributed by atoms with van der Waals surface area (Å²) in [6, 6.07) is 0.449. The van der Waals surface area contributed by atoms with Crippen molar-refractivity contribution in [3.8, 4) is 0 Å². The SMILES string of the molecule is CC(C)(C)c1cn2nc(N3CCC(n4ccnn4)CC3)sc2n1. The van der Waals surface area contributed by atoms with Crippen molar-refractivity contribution in [2.75, 3.05) is 18.0 Å². The zero-order chi connectivity index (χ0) is 16.0. The van der Waals surface area contributed by atoms with Gasteiger partial charge in [0.15, 0.2) is 0 Å². The van der Waals surface area contributed by atoms with E-state index in [1.807, 2.05) is 15.4 Å². The summed E-state index contributed by atoms with van der Waals surface area (Å²) >= 11 is 1.67. The summed E-state index contributed by atoms with van der Waals surface area (Å²) in [5.74, 6) is 0. The fraction of sp³-hybridized carbons (Fsp3) is 0.600. The van der Waals surface area contributed by atoms with Crippen LogP contribution in [0.5, 0.6) is 0 Å². The second kappa shape index (κ2) is 5.30. The Hall–Kier alpha value is -1.96. The van der Waals surface area contributed by atoms with Gasteiger partial charge in [0.25, 0.3) is 0 Å². The first-order valence-corrected chi connectivity index (χ1v) is 8.80. The molecule has 7 nitrogen and oxygen atoms in total. The number of nitrogens with zero attached hydrogens (tertiary/aromatic N) is 7. The van der Waals surface area contributed by atoms with E-state index in [1.54, 1.807) is 17.5 Å². The van der Waals surface area contributed by atoms with E-state index in [0.29, 0.717) is 6.04 Å². The first-order chi connectivity index (χ1) is 11.0. The zero-order valence-corrected chi connectivity index (χ0v) is 14.5. The monoisotopic (exact) mass is 331 g/mol. The standard InChI is InChI=1S/C15H21N7S/c1-15(2,3)12-10-22-13(17-12)23-14(18-22)20-7-4-11(5-8-20)21-9-6-16-19-21/h6,9-11H,4-5,7-8H2,1-3H3. The van der Waals surface area contributed by atoms with Crippen molar-refractivity contribution >= 4 is 21.4 Å². The van der Waals surface area contributed by atoms with Gasteiger partial charge >= 0.3 is 0 Å². The van der Waals surface area contributed by atoms with Crippen molar-refractivity contribution in [2.24, 2.45) is 0 Å². The van der Waals surface area contributed by atoms with Gasteiger partial charge < -0.3 is 4.90 Å². The fourth-order valence-corrected chi connectivity index (χ4v) is 3.85. The van der Waals surface area contributed by atoms with Crippen LogP contribution < -0.4 is 4.90 Å². The molecule has 0 aromatic carbocycles. The van der Waals surface area contributed by atoms with Gasteiger partial charge in [0.1, 0.15) is 0 Å². The number of imidazole rings is 1. The fourth-order valence-electron chi connectivity index (χ4n) is 2.91. The molecule has 4 heterocycles. The van der Waals surface area contributed by atoms with Crippen LogP contribution in [0.4, 0.5) is 5.13 Å². The third kappa shape index (κ3) is 2.71. The number of rotatable bonds is 2. The van der Waals surface area contributed by atoms with Crippen molar-refractivity contribution in [2.45, 2.75) is 45.1 Å². The van der Waals surface area contributed by atoms with Crippen molar-refractivity contribution in [3.63, 3.8) is 0 Å². The van der Waals surface area contributed by atoms with Crippen LogP contribution in [0, 0.1) is 0 Å². The molecule has 1 aliphatic heterocycles. The molecule has 1 saturated heterocycles. The van der Waals surface area contributed by atoms with Crippen molar-refractivity contribution in [1.82, 2.24) is 29.6 Å². The minimum Gasteiger partial charge on any atom is -0.347 e. The molecular formula is C15H21N7S. The maximum atomic E-state index is 4.73. The van der Waals surface area contributed by atoms with Gasteiger partial charge in [0.2, 0.25) is 10.1 Å². The van der Waals surface area contributed by atoms with Gasteiger partial charge in [0, 0.05) is 24.7 Å². The molecule has 4 rings (SSSR count). The Morgan fingerprint density at radius 3 is 2.61 bits per heavy atom. The molecular weight excluding hydrogens is 310 g/mol. The van der Waals surface area contributed by atoms with Crippen LogP contribution in [0.1, 0.15) is 45.3 Å². The smallest absolute Gasteiger partial charge is 0.214 e. The minimum absolute atomic E-state index is 0.0593. The van der Waals surface area contributed by atoms with Crippen LogP contribution in [0.3, 0.4) is 0 Å². The van der Waals surface area contributed by atoms with E-state index in [4.69, 9.17) is 10.1 Å². The quantitative estimate of drug-likeness (QED) is 0.722. The number of aromatic nitrogens is 6. The lowest BCUT2D eigenvalue weighted by atomic mass is 9.93. The molecule has 0 radical (unpaired) electrons. The molecule has 23 heavy (non-hydrogen) atoms. The predicted molar refractivity (Wildman–Crippen MR) is 90.1 cm³/mol. The highest BCUT2D eigenvalue weighted by Crippen LogP contribution is 2.30. The molecule has 3 aromatic heterocycles. The lowest BCUT2D eigenvalue weighted by Gasteiger charge is -2.31. The van der Waals surface area contributed by atoms with Crippen molar-refractivity contribution in [3.05, 3.63) is 24.3 Å². The first kappa shape index (κ1) is 14.6. The molecule has 1 aliphatic rings. The van der Waals surface area contributed by atoms with Gasteiger partial charge in [-0.05, 0) is 12.8 Å². The molecule has 0 bridgehead atoms. The second-order valence-corrected chi connectivity index (χ2v) is 8.02. The van der Waals surface area contributed by atoms with Crippen LogP contribution in [0.2, 0.25) is 0 Å². The lowest BCUT2D eigenvalue weighted by molar-refractivity contribution is 0.359. The third-order valence-corrected chi connectivity index (χ3v) is 5.33. The largest absolute Gasteiger partial charge is 0.347 e. The van der Waals surface area contributed by atoms with E-state index in [-0.39, 0.29) is 5.41 Å². The maximum Gasteiger partial charge on any atom is 0.214 e. The molecule has 0 amide bonds. The Kier molecular flexibility index (Phi) is 3.37. The van der Waals surface area contributed by atoms with Crippen molar-refractivity contribution in [1.29, 1.82) is 0 Å². The molecule has 0 atom stereocenters. The molecule has 0 aliphatic carbocycles. The average molecular weight is 331 g/mol. The Labute approximate surface area is 138 Å². The summed E-state index contributed by atoms with van der Waals surface area (Å²) < 4.78 is 3.89. The number of anilines is 1. The molecule has 1 fully saturated rings. The van der Waals surface area contributed by atoms with Gasteiger partial charge in [-0.2, -0.15) is 0 Å². The maximum absolute atomic E-state index is 4.73. The third-order valence-electron chi connectivity index (χ3n) is 4.35. The Morgan fingerprint density at radius 2 is 2.00 bits per heavy atom. The zero-order valence-electron chi connectivity index (χ0n) is 13.7. The van der Waals surface area contributed by atoms with Gasteiger partial charge in [-0.1, -0.05) is 37.3 Å². The van der Waals surface area contributed by atoms with Gasteiger partial charge in [-0.15, -0.1) is 10.2 Å². The van der Waals surface area contributed by atoms with Crippen molar-refractivity contribution < 1.29 is 0 Å². The van der Waals surface area contributed by atoms with E-state index in [9.17, 15) is 0 Å². The van der Waals surface area contributed by atoms with E-state index >= 15 is 0 Å². The van der Waals surface area contributed by atoms with Crippen LogP contribution in [-0.4, -0.2) is 42.7 Å². The highest BCUT2D eigenvalue weighted by atomic mass is 32.1. The lowest BCUT2D eigenvalue weighted by Crippen LogP contribution is -2.34. The molecule has 122 valence electrons. The van der Waals surface area contributed by atoms with Gasteiger partial charge in [-0.3, -0.25) is 0 Å². The normalized spacial score (nSPS) is 17.3. The summed E-state index contributed by atoms with van der Waals surface area (Å²) in [7, 11) is 0. The number of hydrogen-bond acceptors (Lipinski definition) is 6. The van der Waals surface area contributed by atoms with Crippen LogP contribution in [0.15, 0.2) is 18.6 Å². The summed E-state index contributed by atoms with van der Waals surface area (Å²) in [5.41, 5.74) is 1.15. The highest BCUT2D eigenvalue weighted by molar-refractivity contribution is 7.20. The predicted octanol–water partition coefficient (Wildman–Crippen LogP) is 2.52. The summed E-state index contributed by atoms with van der Waals surface area (Å²) in [6.45, 7) is 8.51. The first-order valence-electron chi connectivity index (χ1n) is 7.98. The summed E-state index contributed by atoms with van der Waals surface area (Å²) in [6.07, 6.45) is 7.88. The molecule has 0 N–H and O–H groups in total. The number of hydrogen-bond donors (Lipinski definition) is 0. The Balaban J connectivity index is 1.49. The van der Waals surface area contributed by atoms with Crippen LogP contribution in [0.25, 0.3) is 4.96 Å². The van der Waals surface area contributed by atoms with E-state index in [1.165, 1.54) is 0 Å². The summed E-state index contributed by atoms with van der Waals surface area (Å²) in [5, 5.41) is 13.8. The van der Waals surface area contributed by atoms with E-state index in [0.717, 1.165) is 41.7 Å². The van der Waals surface area contributed by atoms with Crippen LogP contribution in [-0.2, 0) is 5.41 Å². The van der Waals surface area contributed by atoms with E-state index < -0.39 is 0 Å². The second-order valence-electron chi connectivity index (χ2n) is 7.09. The Bertz CT molecular complexity index is 756. The summed E-state index contributed by atoms with van der Waals surface area (Å²) in [4.78, 5) is 8.05. The Morgan fingerprint density at radius 1 is 1.22 bits per heavy atom. The topological polar surface area (TPSA) is 64.1 Å². The minimum atomic E-state index is 0.0593. The average Bonchev–Trinajstić information content (AvgIpc) is 3.22. The molecule has 0 spiro atoms. The van der Waals surface area contributed by atoms with Gasteiger partial charge in [0.05, 0.1) is 24.1 Å².